The van der Waals surface area contributed by atoms with E-state index in [0.29, 0.717) is 39.0 Å². The number of ketones is 1. The lowest BCUT2D eigenvalue weighted by molar-refractivity contribution is -0.137. The first kappa shape index (κ1) is 40.6. The maximum absolute atomic E-state index is 15.4. The third-order valence-corrected chi connectivity index (χ3v) is 12.0. The van der Waals surface area contributed by atoms with Crippen molar-refractivity contribution < 1.29 is 39.9 Å². The summed E-state index contributed by atoms with van der Waals surface area (Å²) in [5, 5.41) is 0. The molecule has 304 valence electrons. The van der Waals surface area contributed by atoms with Gasteiger partial charge in [0.2, 0.25) is 0 Å². The summed E-state index contributed by atoms with van der Waals surface area (Å²) in [4.78, 5) is 28.0. The Balaban J connectivity index is 1.19. The van der Waals surface area contributed by atoms with Gasteiger partial charge in [0.25, 0.3) is 0 Å². The number of imidazole rings is 2. The molecule has 2 fully saturated rings. The number of Topliss-reactive ketones (excluding diaryl/α,β-unsaturated/α-hetero) is 1. The highest BCUT2D eigenvalue weighted by molar-refractivity contribution is 9.10. The van der Waals surface area contributed by atoms with E-state index in [2.05, 4.69) is 41.8 Å². The highest BCUT2D eigenvalue weighted by Crippen LogP contribution is 2.38. The van der Waals surface area contributed by atoms with Crippen LogP contribution < -0.4 is 0 Å². The summed E-state index contributed by atoms with van der Waals surface area (Å²) in [5.74, 6) is -1.44. The van der Waals surface area contributed by atoms with Gasteiger partial charge in [-0.3, -0.25) is 14.6 Å². The fourth-order valence-corrected chi connectivity index (χ4v) is 9.39. The van der Waals surface area contributed by atoms with Crippen molar-refractivity contribution in [2.75, 3.05) is 26.2 Å². The Hall–Kier alpha value is -4.19. The molecule has 0 bridgehead atoms. The molecule has 0 spiro atoms. The number of alkyl halides is 6. The summed E-state index contributed by atoms with van der Waals surface area (Å²) in [6.45, 7) is 1.48. The van der Waals surface area contributed by atoms with Gasteiger partial charge in [-0.05, 0) is 117 Å². The van der Waals surface area contributed by atoms with Crippen molar-refractivity contribution in [3.05, 3.63) is 140 Å². The van der Waals surface area contributed by atoms with Crippen molar-refractivity contribution in [1.29, 1.82) is 0 Å². The third kappa shape index (κ3) is 8.45. The van der Waals surface area contributed by atoms with Crippen LogP contribution >= 0.6 is 31.9 Å². The smallest absolute Gasteiger partial charge is 0.305 e. The molecule has 58 heavy (non-hydrogen) atoms. The second kappa shape index (κ2) is 15.8. The van der Waals surface area contributed by atoms with Crippen molar-refractivity contribution in [2.24, 2.45) is 0 Å². The summed E-state index contributed by atoms with van der Waals surface area (Å²) >= 11 is 6.31. The minimum absolute atomic E-state index is 0.0840. The first-order valence-electron chi connectivity index (χ1n) is 18.5. The minimum atomic E-state index is -4.72. The van der Waals surface area contributed by atoms with Crippen molar-refractivity contribution >= 4 is 48.9 Å². The molecular weight excluding hydrogens is 904 g/mol. The Morgan fingerprint density at radius 2 is 1.07 bits per heavy atom. The minimum Gasteiger partial charge on any atom is -0.305 e. The van der Waals surface area contributed by atoms with Gasteiger partial charge >= 0.3 is 12.4 Å². The Morgan fingerprint density at radius 3 is 1.45 bits per heavy atom. The molecule has 0 aliphatic carbocycles. The molecule has 0 amide bonds. The number of carbonyl (C=O) groups excluding carboxylic acids is 1. The summed E-state index contributed by atoms with van der Waals surface area (Å²) in [5.41, 5.74) is -0.653. The number of hydrogen-bond acceptors (Lipinski definition) is 5. The van der Waals surface area contributed by atoms with E-state index in [0.717, 1.165) is 23.3 Å². The van der Waals surface area contributed by atoms with Gasteiger partial charge in [0.15, 0.2) is 5.78 Å². The Bertz CT molecular complexity index is 2330. The Kier molecular flexibility index (Phi) is 11.0. The van der Waals surface area contributed by atoms with E-state index in [1.807, 2.05) is 21.9 Å². The molecule has 0 radical (unpaired) electrons. The zero-order valence-corrected chi connectivity index (χ0v) is 33.6. The number of aromatic nitrogens is 4. The molecule has 2 aliphatic rings. The van der Waals surface area contributed by atoms with Crippen molar-refractivity contribution in [2.45, 2.75) is 62.0 Å². The number of halogens is 10. The molecule has 4 unspecified atom stereocenters. The van der Waals surface area contributed by atoms with Gasteiger partial charge in [0.05, 0.1) is 34.6 Å². The lowest BCUT2D eigenvalue weighted by Gasteiger charge is -2.34. The number of nitrogens with zero attached hydrogens (tertiary/aromatic N) is 6. The van der Waals surface area contributed by atoms with Gasteiger partial charge in [0.1, 0.15) is 22.9 Å². The topological polar surface area (TPSA) is 58.2 Å². The maximum Gasteiger partial charge on any atom is 0.420 e. The van der Waals surface area contributed by atoms with E-state index in [-0.39, 0.29) is 62.1 Å². The highest BCUT2D eigenvalue weighted by Gasteiger charge is 2.42. The van der Waals surface area contributed by atoms with E-state index in [1.54, 1.807) is 12.1 Å². The predicted molar refractivity (Wildman–Crippen MR) is 206 cm³/mol. The Morgan fingerprint density at radius 1 is 0.655 bits per heavy atom. The number of pyridine rings is 2. The average molecular weight is 939 g/mol. The van der Waals surface area contributed by atoms with Crippen LogP contribution in [-0.4, -0.2) is 72.6 Å². The van der Waals surface area contributed by atoms with Crippen LogP contribution in [0.5, 0.6) is 0 Å². The number of rotatable bonds is 10. The number of carbonyl (C=O) groups is 1. The molecule has 6 heterocycles. The normalized spacial score (nSPS) is 19.4. The largest absolute Gasteiger partial charge is 0.420 e. The van der Waals surface area contributed by atoms with E-state index < -0.39 is 47.2 Å². The quantitative estimate of drug-likeness (QED) is 0.128. The zero-order valence-electron chi connectivity index (χ0n) is 30.4. The molecule has 4 atom stereocenters. The van der Waals surface area contributed by atoms with Gasteiger partial charge in [-0.1, -0.05) is 24.3 Å². The second-order valence-electron chi connectivity index (χ2n) is 15.0. The average Bonchev–Trinajstić information content (AvgIpc) is 3.97. The van der Waals surface area contributed by atoms with E-state index >= 15 is 4.79 Å². The first-order chi connectivity index (χ1) is 27.5. The number of fused-ring (bicyclic) bond motifs is 2. The fourth-order valence-electron chi connectivity index (χ4n) is 8.49. The first-order valence-corrected chi connectivity index (χ1v) is 20.1. The maximum atomic E-state index is 15.4. The second-order valence-corrected chi connectivity index (χ2v) is 16.8. The van der Waals surface area contributed by atoms with Crippen LogP contribution in [0.1, 0.15) is 58.3 Å². The fraction of sp³-hybridized carbons (Fsp3) is 0.341. The lowest BCUT2D eigenvalue weighted by Crippen LogP contribution is -2.52. The van der Waals surface area contributed by atoms with Crippen molar-refractivity contribution in [1.82, 2.24) is 28.6 Å². The standard InChI is InChI=1S/C41H34Br2F8N6O/c42-27-13-33(40(46,47)48)38-52-31(21-56(38)19-27)15-35(54-9-7-25(17-54)23-3-1-5-29(44)11-23)37(58)36(55-10-8-26(18-55)24-4-2-6-30(45)12-24)16-32-22-57-20-28(43)14-34(39(57)53-32)41(49,50)51/h1-6,11-14,19-22,25-26,35-36H,7-10,15-18H2. The molecule has 8 rings (SSSR count). The predicted octanol–water partition coefficient (Wildman–Crippen LogP) is 9.89. The van der Waals surface area contributed by atoms with Crippen LogP contribution in [-0.2, 0) is 30.0 Å². The number of hydrogen-bond donors (Lipinski definition) is 0. The number of benzene rings is 2. The van der Waals surface area contributed by atoms with Crippen LogP contribution in [0, 0.1) is 11.6 Å². The molecule has 2 saturated heterocycles. The van der Waals surface area contributed by atoms with E-state index in [1.165, 1.54) is 57.9 Å². The van der Waals surface area contributed by atoms with Crippen LogP contribution in [0.3, 0.4) is 0 Å². The third-order valence-electron chi connectivity index (χ3n) is 11.2. The van der Waals surface area contributed by atoms with Crippen LogP contribution in [0.4, 0.5) is 35.1 Å². The SMILES string of the molecule is O=C(C(Cc1cn2cc(Br)cc(C(F)(F)F)c2n1)N1CCC(c2cccc(F)c2)C1)C(Cc1cn2cc(Br)cc(C(F)(F)F)c2n1)N1CCC(c2cccc(F)c2)C1. The molecule has 17 heteroatoms. The highest BCUT2D eigenvalue weighted by atomic mass is 79.9. The number of likely N-dealkylation sites (tertiary alicyclic amines) is 2. The summed E-state index contributed by atoms with van der Waals surface area (Å²) in [6, 6.07) is 12.4. The lowest BCUT2D eigenvalue weighted by atomic mass is 9.94. The van der Waals surface area contributed by atoms with Gasteiger partial charge in [0, 0.05) is 59.7 Å². The van der Waals surface area contributed by atoms with Gasteiger partial charge < -0.3 is 8.80 Å². The van der Waals surface area contributed by atoms with Crippen molar-refractivity contribution in [3.63, 3.8) is 0 Å². The van der Waals surface area contributed by atoms with E-state index in [9.17, 15) is 35.1 Å². The monoisotopic (exact) mass is 936 g/mol. The summed E-state index contributed by atoms with van der Waals surface area (Å²) < 4.78 is 117. The van der Waals surface area contributed by atoms with Crippen molar-refractivity contribution in [3.8, 4) is 0 Å². The van der Waals surface area contributed by atoms with Gasteiger partial charge in [-0.25, -0.2) is 18.7 Å². The summed E-state index contributed by atoms with van der Waals surface area (Å²) in [6.07, 6.45) is -2.65. The van der Waals surface area contributed by atoms with Crippen LogP contribution in [0.15, 0.2) is 94.4 Å². The van der Waals surface area contributed by atoms with E-state index in [4.69, 9.17) is 0 Å². The molecule has 2 aromatic carbocycles. The molecule has 2 aliphatic heterocycles. The van der Waals surface area contributed by atoms with Crippen LogP contribution in [0.25, 0.3) is 11.3 Å². The molecule has 6 aromatic rings. The molecule has 0 N–H and O–H groups in total. The van der Waals surface area contributed by atoms with Crippen LogP contribution in [0.2, 0.25) is 0 Å². The molecular formula is C41H34Br2F8N6O. The summed E-state index contributed by atoms with van der Waals surface area (Å²) in [7, 11) is 0. The Labute approximate surface area is 343 Å². The molecule has 4 aromatic heterocycles. The zero-order chi connectivity index (χ0) is 41.1. The van der Waals surface area contributed by atoms with Gasteiger partial charge in [-0.2, -0.15) is 26.3 Å². The van der Waals surface area contributed by atoms with Gasteiger partial charge in [-0.15, -0.1) is 0 Å². The molecule has 7 nitrogen and oxygen atoms in total. The molecule has 0 saturated carbocycles.